The number of hydrogen-bond donors (Lipinski definition) is 3. The Morgan fingerprint density at radius 2 is 1.96 bits per heavy atom. The molecule has 2 amide bonds. The van der Waals surface area contributed by atoms with Gasteiger partial charge in [0.2, 0.25) is 5.91 Å². The summed E-state index contributed by atoms with van der Waals surface area (Å²) in [6, 6.07) is 5.24. The summed E-state index contributed by atoms with van der Waals surface area (Å²) in [6.07, 6.45) is 1.90. The molecule has 0 aliphatic carbocycles. The first-order valence-electron chi connectivity index (χ1n) is 7.02. The number of benzene rings is 1. The van der Waals surface area contributed by atoms with E-state index in [4.69, 9.17) is 4.74 Å². The first kappa shape index (κ1) is 21.7. The Hall–Kier alpha value is -1.28. The fourth-order valence-electron chi connectivity index (χ4n) is 1.79. The molecule has 0 saturated heterocycles. The summed E-state index contributed by atoms with van der Waals surface area (Å²) in [5.74, 6) is -0.257. The second kappa shape index (κ2) is 12.2. The van der Waals surface area contributed by atoms with E-state index in [0.717, 1.165) is 17.1 Å². The standard InChI is InChI=1S/C15H23N3O3S.ClH/c1-11(19)18-13-5-4-12(10-14(13)22-3)15(20)17-7-6-16-8-9-21-2;/h4-5,10,16H,6-9H2,1-3H3,(H,17,20)(H,18,19);1H. The maximum Gasteiger partial charge on any atom is 0.251 e. The number of carbonyl (C=O) groups is 2. The molecule has 0 bridgehead atoms. The Balaban J connectivity index is 0.00000484. The summed E-state index contributed by atoms with van der Waals surface area (Å²) in [6.45, 7) is 4.10. The molecule has 130 valence electrons. The third-order valence-corrected chi connectivity index (χ3v) is 3.62. The minimum atomic E-state index is -0.130. The molecule has 3 N–H and O–H groups in total. The Bertz CT molecular complexity index is 515. The molecule has 23 heavy (non-hydrogen) atoms. The van der Waals surface area contributed by atoms with Crippen LogP contribution in [0.5, 0.6) is 0 Å². The summed E-state index contributed by atoms with van der Waals surface area (Å²) in [4.78, 5) is 24.1. The van der Waals surface area contributed by atoms with E-state index in [1.807, 2.05) is 6.26 Å². The molecule has 0 unspecified atom stereocenters. The molecule has 6 nitrogen and oxygen atoms in total. The number of nitrogens with one attached hydrogen (secondary N) is 3. The molecule has 0 saturated carbocycles. The predicted octanol–water partition coefficient (Wildman–Crippen LogP) is 1.75. The van der Waals surface area contributed by atoms with E-state index in [9.17, 15) is 9.59 Å². The molecular weight excluding hydrogens is 338 g/mol. The molecule has 1 aromatic rings. The minimum Gasteiger partial charge on any atom is -0.383 e. The average molecular weight is 362 g/mol. The van der Waals surface area contributed by atoms with Crippen molar-refractivity contribution in [2.24, 2.45) is 0 Å². The van der Waals surface area contributed by atoms with Crippen molar-refractivity contribution in [1.29, 1.82) is 0 Å². The van der Waals surface area contributed by atoms with E-state index in [1.165, 1.54) is 18.7 Å². The highest BCUT2D eigenvalue weighted by molar-refractivity contribution is 7.98. The summed E-state index contributed by atoms with van der Waals surface area (Å²) in [5, 5.41) is 8.75. The van der Waals surface area contributed by atoms with E-state index in [0.29, 0.717) is 25.3 Å². The van der Waals surface area contributed by atoms with Gasteiger partial charge in [-0.3, -0.25) is 9.59 Å². The minimum absolute atomic E-state index is 0. The van der Waals surface area contributed by atoms with Crippen LogP contribution in [0.1, 0.15) is 17.3 Å². The monoisotopic (exact) mass is 361 g/mol. The maximum absolute atomic E-state index is 12.1. The molecule has 1 aromatic carbocycles. The van der Waals surface area contributed by atoms with E-state index in [1.54, 1.807) is 25.3 Å². The van der Waals surface area contributed by atoms with Gasteiger partial charge in [0.1, 0.15) is 0 Å². The summed E-state index contributed by atoms with van der Waals surface area (Å²) >= 11 is 1.49. The van der Waals surface area contributed by atoms with E-state index in [2.05, 4.69) is 16.0 Å². The molecule has 0 radical (unpaired) electrons. The van der Waals surface area contributed by atoms with Crippen LogP contribution in [0.2, 0.25) is 0 Å². The number of halogens is 1. The fraction of sp³-hybridized carbons (Fsp3) is 0.467. The first-order chi connectivity index (χ1) is 10.6. The van der Waals surface area contributed by atoms with Gasteiger partial charge in [0.05, 0.1) is 12.3 Å². The predicted molar refractivity (Wildman–Crippen MR) is 96.9 cm³/mol. The van der Waals surface area contributed by atoms with Crippen LogP contribution in [-0.2, 0) is 9.53 Å². The zero-order valence-corrected chi connectivity index (χ0v) is 15.2. The van der Waals surface area contributed by atoms with E-state index < -0.39 is 0 Å². The van der Waals surface area contributed by atoms with Crippen molar-refractivity contribution >= 4 is 41.7 Å². The van der Waals surface area contributed by atoms with Gasteiger partial charge in [0, 0.05) is 44.1 Å². The topological polar surface area (TPSA) is 79.5 Å². The van der Waals surface area contributed by atoms with Gasteiger partial charge in [-0.2, -0.15) is 0 Å². The largest absolute Gasteiger partial charge is 0.383 e. The van der Waals surface area contributed by atoms with Crippen LogP contribution < -0.4 is 16.0 Å². The summed E-state index contributed by atoms with van der Waals surface area (Å²) in [5.41, 5.74) is 1.30. The van der Waals surface area contributed by atoms with E-state index in [-0.39, 0.29) is 24.2 Å². The van der Waals surface area contributed by atoms with Gasteiger partial charge in [-0.25, -0.2) is 0 Å². The van der Waals surface area contributed by atoms with Crippen LogP contribution in [0.3, 0.4) is 0 Å². The molecule has 0 spiro atoms. The second-order valence-corrected chi connectivity index (χ2v) is 5.44. The lowest BCUT2D eigenvalue weighted by atomic mass is 10.2. The summed E-state index contributed by atoms with van der Waals surface area (Å²) in [7, 11) is 1.65. The number of anilines is 1. The van der Waals surface area contributed by atoms with Crippen molar-refractivity contribution < 1.29 is 14.3 Å². The van der Waals surface area contributed by atoms with Crippen LogP contribution in [-0.4, -0.2) is 51.4 Å². The van der Waals surface area contributed by atoms with Gasteiger partial charge in [-0.15, -0.1) is 24.2 Å². The summed E-state index contributed by atoms with van der Waals surface area (Å²) < 4.78 is 4.92. The molecule has 0 atom stereocenters. The third kappa shape index (κ3) is 8.22. The molecule has 8 heteroatoms. The Morgan fingerprint density at radius 3 is 2.57 bits per heavy atom. The smallest absolute Gasteiger partial charge is 0.251 e. The quantitative estimate of drug-likeness (QED) is 0.461. The molecule has 0 fully saturated rings. The lowest BCUT2D eigenvalue weighted by Crippen LogP contribution is -2.33. The lowest BCUT2D eigenvalue weighted by molar-refractivity contribution is -0.114. The van der Waals surface area contributed by atoms with Gasteiger partial charge in [0.15, 0.2) is 0 Å². The van der Waals surface area contributed by atoms with E-state index >= 15 is 0 Å². The van der Waals surface area contributed by atoms with Crippen molar-refractivity contribution in [3.05, 3.63) is 23.8 Å². The Kier molecular flexibility index (Phi) is 11.5. The molecule has 0 aliphatic heterocycles. The van der Waals surface area contributed by atoms with Gasteiger partial charge in [0.25, 0.3) is 5.91 Å². The zero-order valence-electron chi connectivity index (χ0n) is 13.6. The Morgan fingerprint density at radius 1 is 1.22 bits per heavy atom. The van der Waals surface area contributed by atoms with Crippen molar-refractivity contribution in [1.82, 2.24) is 10.6 Å². The molecule has 0 heterocycles. The number of carbonyl (C=O) groups excluding carboxylic acids is 2. The highest BCUT2D eigenvalue weighted by Gasteiger charge is 2.09. The maximum atomic E-state index is 12.1. The lowest BCUT2D eigenvalue weighted by Gasteiger charge is -2.11. The van der Waals surface area contributed by atoms with Crippen molar-refractivity contribution in [2.45, 2.75) is 11.8 Å². The van der Waals surface area contributed by atoms with Gasteiger partial charge >= 0.3 is 0 Å². The van der Waals surface area contributed by atoms with Crippen LogP contribution in [0.25, 0.3) is 0 Å². The molecule has 0 aromatic heterocycles. The zero-order chi connectivity index (χ0) is 16.4. The van der Waals surface area contributed by atoms with Crippen LogP contribution in [0, 0.1) is 0 Å². The molecular formula is C15H24ClN3O3S. The SMILES string of the molecule is COCCNCCNC(=O)c1ccc(NC(C)=O)c(SC)c1.Cl. The second-order valence-electron chi connectivity index (χ2n) is 4.59. The Labute approximate surface area is 147 Å². The fourth-order valence-corrected chi connectivity index (χ4v) is 2.37. The van der Waals surface area contributed by atoms with Crippen molar-refractivity contribution in [2.75, 3.05) is 44.9 Å². The average Bonchev–Trinajstić information content (AvgIpc) is 2.50. The normalized spacial score (nSPS) is 9.87. The number of amides is 2. The number of thioether (sulfide) groups is 1. The number of rotatable bonds is 9. The highest BCUT2D eigenvalue weighted by Crippen LogP contribution is 2.26. The van der Waals surface area contributed by atoms with Crippen LogP contribution >= 0.6 is 24.2 Å². The number of methoxy groups -OCH3 is 1. The van der Waals surface area contributed by atoms with Gasteiger partial charge < -0.3 is 20.7 Å². The number of ether oxygens (including phenoxy) is 1. The first-order valence-corrected chi connectivity index (χ1v) is 8.24. The third-order valence-electron chi connectivity index (χ3n) is 2.84. The van der Waals surface area contributed by atoms with Gasteiger partial charge in [-0.1, -0.05) is 0 Å². The van der Waals surface area contributed by atoms with Crippen LogP contribution in [0.15, 0.2) is 23.1 Å². The number of hydrogen-bond acceptors (Lipinski definition) is 5. The molecule has 1 rings (SSSR count). The van der Waals surface area contributed by atoms with Crippen molar-refractivity contribution in [3.63, 3.8) is 0 Å². The van der Waals surface area contributed by atoms with Crippen LogP contribution in [0.4, 0.5) is 5.69 Å². The van der Waals surface area contributed by atoms with Gasteiger partial charge in [-0.05, 0) is 24.5 Å². The molecule has 0 aliphatic rings. The van der Waals surface area contributed by atoms with Crippen molar-refractivity contribution in [3.8, 4) is 0 Å². The highest BCUT2D eigenvalue weighted by atomic mass is 35.5.